The molecule has 2 atom stereocenters. The quantitative estimate of drug-likeness (QED) is 0.0403. The van der Waals surface area contributed by atoms with Gasteiger partial charge in [-0.1, -0.05) is 156 Å². The molecule has 2 amide bonds. The maximum atomic E-state index is 15.6. The summed E-state index contributed by atoms with van der Waals surface area (Å²) >= 11 is 12.6. The lowest BCUT2D eigenvalue weighted by molar-refractivity contribution is -0.124. The molecule has 7 rings (SSSR count). The molecule has 0 N–H and O–H groups in total. The summed E-state index contributed by atoms with van der Waals surface area (Å²) in [5.74, 6) is 0.824. The van der Waals surface area contributed by atoms with Gasteiger partial charge in [-0.05, 0) is 113 Å². The van der Waals surface area contributed by atoms with Crippen LogP contribution in [0.1, 0.15) is 185 Å². The average Bonchev–Trinajstić information content (AvgIpc) is 4.20. The largest absolute Gasteiger partial charge is 0.306 e. The molecule has 2 aliphatic rings. The molecule has 0 fully saturated rings. The average molecular weight is 1060 g/mol. The second-order valence-corrected chi connectivity index (χ2v) is 25.7. The van der Waals surface area contributed by atoms with Gasteiger partial charge in [0.2, 0.25) is 0 Å². The van der Waals surface area contributed by atoms with Crippen LogP contribution in [0.5, 0.6) is 0 Å². The Morgan fingerprint density at radius 3 is 1.15 bits per heavy atom. The lowest BCUT2D eigenvalue weighted by Crippen LogP contribution is -2.34. The molecule has 4 nitrogen and oxygen atoms in total. The van der Waals surface area contributed by atoms with Crippen molar-refractivity contribution in [1.29, 1.82) is 0 Å². The molecule has 0 bridgehead atoms. The van der Waals surface area contributed by atoms with Crippen LogP contribution < -0.4 is 0 Å². The third-order valence-corrected chi connectivity index (χ3v) is 20.1. The molecule has 10 heteroatoms. The number of hydrogen-bond donors (Lipinski definition) is 0. The summed E-state index contributed by atoms with van der Waals surface area (Å²) in [6.45, 7) is 10.5. The van der Waals surface area contributed by atoms with Gasteiger partial charge in [-0.15, -0.1) is 56.7 Å². The van der Waals surface area contributed by atoms with Crippen molar-refractivity contribution in [1.82, 2.24) is 9.80 Å². The van der Waals surface area contributed by atoms with Gasteiger partial charge in [-0.25, -0.2) is 0 Å². The van der Waals surface area contributed by atoms with E-state index in [-0.39, 0.29) is 11.8 Å². The number of thiophene rings is 5. The zero-order valence-electron chi connectivity index (χ0n) is 40.8. The number of fused-ring (bicyclic) bond motifs is 1. The van der Waals surface area contributed by atoms with Gasteiger partial charge in [-0.2, -0.15) is 0 Å². The molecule has 0 radical (unpaired) electrons. The molecule has 0 spiro atoms. The van der Waals surface area contributed by atoms with Gasteiger partial charge >= 0.3 is 0 Å². The molecule has 2 aliphatic heterocycles. The molecule has 0 aliphatic carbocycles. The maximum absolute atomic E-state index is 15.6. The minimum atomic E-state index is 0.0212. The predicted molar refractivity (Wildman–Crippen MR) is 299 cm³/mol. The number of carbonyl (C=O) groups is 2. The van der Waals surface area contributed by atoms with Gasteiger partial charge in [0.05, 0.1) is 36.1 Å². The zero-order chi connectivity index (χ0) is 47.0. The second-order valence-electron chi connectivity index (χ2n) is 19.0. The number of carbonyl (C=O) groups excluding carboxylic acids is 2. The van der Waals surface area contributed by atoms with Crippen molar-refractivity contribution in [2.24, 2.45) is 11.8 Å². The van der Waals surface area contributed by atoms with Crippen molar-refractivity contribution in [2.45, 2.75) is 175 Å². The first-order valence-corrected chi connectivity index (χ1v) is 31.0. The van der Waals surface area contributed by atoms with Crippen molar-refractivity contribution < 1.29 is 9.59 Å². The van der Waals surface area contributed by atoms with E-state index in [9.17, 15) is 0 Å². The summed E-state index contributed by atoms with van der Waals surface area (Å²) in [5.41, 5.74) is 2.98. The van der Waals surface area contributed by atoms with Crippen LogP contribution in [-0.2, 0) is 9.59 Å². The lowest BCUT2D eigenvalue weighted by Gasteiger charge is -2.29. The van der Waals surface area contributed by atoms with E-state index in [1.165, 1.54) is 151 Å². The van der Waals surface area contributed by atoms with Crippen molar-refractivity contribution >= 4 is 95.8 Å². The second kappa shape index (κ2) is 27.1. The van der Waals surface area contributed by atoms with Crippen molar-refractivity contribution in [3.05, 3.63) is 90.7 Å². The Morgan fingerprint density at radius 2 is 0.761 bits per heavy atom. The SMILES string of the molecule is CCCCCCCCC(CCCCCC)CN1C(=O)C2=C(c3ccc(Br)s3)N(CC(CCCCCC)CCCCCCC)C(=O)C2=C1c1ccc(-c2ccc(-c3ccc(-c4cccs4)s3)s2)s1. The van der Waals surface area contributed by atoms with Gasteiger partial charge in [0, 0.05) is 42.4 Å². The smallest absolute Gasteiger partial charge is 0.261 e. The normalized spacial score (nSPS) is 15.0. The molecule has 7 heterocycles. The van der Waals surface area contributed by atoms with Crippen LogP contribution in [-0.4, -0.2) is 34.7 Å². The van der Waals surface area contributed by atoms with Crippen LogP contribution in [0.15, 0.2) is 81.0 Å². The molecule has 0 saturated carbocycles. The number of hydrogen-bond acceptors (Lipinski definition) is 7. The minimum absolute atomic E-state index is 0.0212. The highest BCUT2D eigenvalue weighted by Gasteiger charge is 2.50. The summed E-state index contributed by atoms with van der Waals surface area (Å²) in [6.07, 6.45) is 28.1. The van der Waals surface area contributed by atoms with Crippen LogP contribution in [0.4, 0.5) is 0 Å². The predicted octanol–water partition coefficient (Wildman–Crippen LogP) is 19.8. The summed E-state index contributed by atoms with van der Waals surface area (Å²) in [4.78, 5) is 44.9. The minimum Gasteiger partial charge on any atom is -0.306 e. The molecule has 67 heavy (non-hydrogen) atoms. The molecular formula is C57H75BrN2O2S5. The standard InChI is InChI=1S/C57H75BrN2O2S5/c1-5-9-13-17-19-23-28-42(26-21-16-12-8-4)39-59-54(49-35-34-48(66-49)47-33-32-46(65-47)45-31-30-44(64-45)43-29-24-38-63-43)52-53(57(59)62)55(50-36-37-51(58)67-50)60(56(52)61)40-41(25-20-15-11-7-3)27-22-18-14-10-6-2/h24,29-38,41-42H,5-23,25-28,39-40H2,1-4H3. The highest BCUT2D eigenvalue weighted by Crippen LogP contribution is 2.51. The number of halogens is 1. The van der Waals surface area contributed by atoms with Gasteiger partial charge < -0.3 is 9.80 Å². The molecule has 362 valence electrons. The molecule has 0 aromatic carbocycles. The van der Waals surface area contributed by atoms with Gasteiger partial charge in [0.25, 0.3) is 11.8 Å². The number of nitrogens with zero attached hydrogens (tertiary/aromatic N) is 2. The Kier molecular flexibility index (Phi) is 21.1. The van der Waals surface area contributed by atoms with Crippen molar-refractivity contribution in [3.63, 3.8) is 0 Å². The van der Waals surface area contributed by atoms with Crippen LogP contribution >= 0.6 is 72.6 Å². The van der Waals surface area contributed by atoms with Crippen LogP contribution in [0.2, 0.25) is 0 Å². The number of rotatable bonds is 32. The van der Waals surface area contributed by atoms with E-state index in [0.717, 1.165) is 50.6 Å². The van der Waals surface area contributed by atoms with E-state index in [1.54, 1.807) is 34.0 Å². The Labute approximate surface area is 432 Å². The van der Waals surface area contributed by atoms with Crippen molar-refractivity contribution in [2.75, 3.05) is 13.1 Å². The van der Waals surface area contributed by atoms with E-state index < -0.39 is 0 Å². The monoisotopic (exact) mass is 1060 g/mol. The fourth-order valence-corrected chi connectivity index (χ4v) is 15.6. The zero-order valence-corrected chi connectivity index (χ0v) is 46.5. The van der Waals surface area contributed by atoms with E-state index >= 15 is 9.59 Å². The first-order valence-electron chi connectivity index (χ1n) is 26.1. The lowest BCUT2D eigenvalue weighted by atomic mass is 9.93. The van der Waals surface area contributed by atoms with E-state index in [0.29, 0.717) is 36.1 Å². The van der Waals surface area contributed by atoms with Crippen molar-refractivity contribution in [3.8, 4) is 29.3 Å². The molecule has 2 unspecified atom stereocenters. The summed E-state index contributed by atoms with van der Waals surface area (Å²) in [6, 6.07) is 22.0. The van der Waals surface area contributed by atoms with Gasteiger partial charge in [0.1, 0.15) is 0 Å². The summed E-state index contributed by atoms with van der Waals surface area (Å²) in [7, 11) is 0. The van der Waals surface area contributed by atoms with E-state index in [4.69, 9.17) is 0 Å². The van der Waals surface area contributed by atoms with Gasteiger partial charge in [-0.3, -0.25) is 9.59 Å². The van der Waals surface area contributed by atoms with Crippen LogP contribution in [0, 0.1) is 11.8 Å². The van der Waals surface area contributed by atoms with Crippen LogP contribution in [0.25, 0.3) is 40.7 Å². The molecule has 5 aromatic rings. The highest BCUT2D eigenvalue weighted by atomic mass is 79.9. The third kappa shape index (κ3) is 13.8. The fourth-order valence-electron chi connectivity index (χ4n) is 10.1. The first kappa shape index (κ1) is 52.2. The third-order valence-electron chi connectivity index (χ3n) is 13.8. The molecular weight excluding hydrogens is 985 g/mol. The highest BCUT2D eigenvalue weighted by molar-refractivity contribution is 9.11. The topological polar surface area (TPSA) is 40.6 Å². The fraction of sp³-hybridized carbons (Fsp3) is 0.544. The Bertz CT molecular complexity index is 2360. The number of amides is 2. The molecule has 5 aromatic heterocycles. The Hall–Kier alpha value is -2.60. The Morgan fingerprint density at radius 1 is 0.418 bits per heavy atom. The van der Waals surface area contributed by atoms with Crippen LogP contribution in [0.3, 0.4) is 0 Å². The molecule has 0 saturated heterocycles. The summed E-state index contributed by atoms with van der Waals surface area (Å²) in [5, 5.41) is 2.14. The van der Waals surface area contributed by atoms with Gasteiger partial charge in [0.15, 0.2) is 0 Å². The summed E-state index contributed by atoms with van der Waals surface area (Å²) < 4.78 is 1.02. The van der Waals surface area contributed by atoms with E-state index in [1.807, 2.05) is 22.7 Å². The Balaban J connectivity index is 1.26. The maximum Gasteiger partial charge on any atom is 0.261 e. The number of unbranched alkanes of at least 4 members (excludes halogenated alkanes) is 15. The first-order chi connectivity index (χ1) is 32.8. The van der Waals surface area contributed by atoms with E-state index in [2.05, 4.69) is 119 Å².